The zero-order valence-electron chi connectivity index (χ0n) is 10.3. The largest absolute Gasteiger partial charge is 0.457 e. The van der Waals surface area contributed by atoms with Gasteiger partial charge >= 0.3 is 5.97 Å². The Bertz CT molecular complexity index is 602. The van der Waals surface area contributed by atoms with Gasteiger partial charge in [0.25, 0.3) is 0 Å². The molecule has 1 aliphatic rings. The van der Waals surface area contributed by atoms with Gasteiger partial charge in [0.1, 0.15) is 5.75 Å². The maximum absolute atomic E-state index is 11.9. The van der Waals surface area contributed by atoms with E-state index in [1.807, 2.05) is 12.1 Å². The lowest BCUT2D eigenvalue weighted by molar-refractivity contribution is 0.0700. The number of benzene rings is 1. The Balaban J connectivity index is 1.87. The molecule has 0 fully saturated rings. The minimum atomic E-state index is -0.471. The first-order valence-corrected chi connectivity index (χ1v) is 7.11. The topological polar surface area (TPSA) is 39.4 Å². The van der Waals surface area contributed by atoms with Gasteiger partial charge in [-0.1, -0.05) is 6.07 Å². The summed E-state index contributed by atoms with van der Waals surface area (Å²) in [5, 5.41) is 0. The summed E-state index contributed by atoms with van der Waals surface area (Å²) in [5.74, 6) is 0.299. The average molecular weight is 321 g/mol. The molecule has 1 aliphatic carbocycles. The molecular formula is C15H13BrO3. The van der Waals surface area contributed by atoms with E-state index in [4.69, 9.17) is 9.15 Å². The monoisotopic (exact) mass is 320 g/mol. The lowest BCUT2D eigenvalue weighted by Gasteiger charge is -2.18. The van der Waals surface area contributed by atoms with Crippen molar-refractivity contribution < 1.29 is 13.9 Å². The minimum Gasteiger partial charge on any atom is -0.457 e. The fourth-order valence-corrected chi connectivity index (χ4v) is 3.05. The molecule has 0 spiro atoms. The van der Waals surface area contributed by atoms with E-state index in [-0.39, 0.29) is 5.76 Å². The standard InChI is InChI=1S/C15H13BrO3/c16-14-11-5-2-1-4-10(11)7-8-12(14)19-15(17)13-6-3-9-18-13/h3,6-9H,1-2,4-5H2. The van der Waals surface area contributed by atoms with Gasteiger partial charge in [0.2, 0.25) is 5.76 Å². The van der Waals surface area contributed by atoms with Crippen molar-refractivity contribution in [3.05, 3.63) is 51.9 Å². The molecule has 2 aromatic rings. The highest BCUT2D eigenvalue weighted by Gasteiger charge is 2.18. The molecule has 0 aliphatic heterocycles. The van der Waals surface area contributed by atoms with E-state index in [2.05, 4.69) is 15.9 Å². The molecule has 0 N–H and O–H groups in total. The van der Waals surface area contributed by atoms with Gasteiger partial charge in [-0.15, -0.1) is 0 Å². The SMILES string of the molecule is O=C(Oc1ccc2c(c1Br)CCCC2)c1ccco1. The molecule has 1 aromatic heterocycles. The summed E-state index contributed by atoms with van der Waals surface area (Å²) in [4.78, 5) is 11.9. The number of hydrogen-bond acceptors (Lipinski definition) is 3. The van der Waals surface area contributed by atoms with Gasteiger partial charge in [0.15, 0.2) is 0 Å². The van der Waals surface area contributed by atoms with E-state index >= 15 is 0 Å². The summed E-state index contributed by atoms with van der Waals surface area (Å²) in [6.45, 7) is 0. The Morgan fingerprint density at radius 3 is 2.84 bits per heavy atom. The second-order valence-electron chi connectivity index (χ2n) is 4.59. The summed E-state index contributed by atoms with van der Waals surface area (Å²) in [5.41, 5.74) is 2.60. The van der Waals surface area contributed by atoms with Crippen LogP contribution < -0.4 is 4.74 Å². The second-order valence-corrected chi connectivity index (χ2v) is 5.38. The van der Waals surface area contributed by atoms with Crippen molar-refractivity contribution in [2.45, 2.75) is 25.7 Å². The number of hydrogen-bond donors (Lipinski definition) is 0. The van der Waals surface area contributed by atoms with Crippen LogP contribution >= 0.6 is 15.9 Å². The van der Waals surface area contributed by atoms with Crippen LogP contribution in [0, 0.1) is 0 Å². The lowest BCUT2D eigenvalue weighted by atomic mass is 9.92. The summed E-state index contributed by atoms with van der Waals surface area (Å²) in [6.07, 6.45) is 5.99. The van der Waals surface area contributed by atoms with Crippen LogP contribution in [0.15, 0.2) is 39.4 Å². The molecule has 0 saturated heterocycles. The van der Waals surface area contributed by atoms with Crippen LogP contribution in [0.1, 0.15) is 34.5 Å². The van der Waals surface area contributed by atoms with Crippen LogP contribution in [0.4, 0.5) is 0 Å². The summed E-state index contributed by atoms with van der Waals surface area (Å²) >= 11 is 3.55. The van der Waals surface area contributed by atoms with Crippen molar-refractivity contribution >= 4 is 21.9 Å². The molecule has 19 heavy (non-hydrogen) atoms. The van der Waals surface area contributed by atoms with Crippen molar-refractivity contribution in [3.8, 4) is 5.75 Å². The smallest absolute Gasteiger partial charge is 0.379 e. The molecule has 3 nitrogen and oxygen atoms in total. The van der Waals surface area contributed by atoms with Gasteiger partial charge in [-0.3, -0.25) is 0 Å². The number of esters is 1. The zero-order chi connectivity index (χ0) is 13.2. The van der Waals surface area contributed by atoms with Gasteiger partial charge in [0.05, 0.1) is 10.7 Å². The molecule has 0 bridgehead atoms. The number of carbonyl (C=O) groups excluding carboxylic acids is 1. The third-order valence-corrected chi connectivity index (χ3v) is 4.22. The van der Waals surface area contributed by atoms with E-state index in [1.54, 1.807) is 12.1 Å². The maximum atomic E-state index is 11.9. The number of furan rings is 1. The fourth-order valence-electron chi connectivity index (χ4n) is 2.39. The predicted molar refractivity (Wildman–Crippen MR) is 74.5 cm³/mol. The van der Waals surface area contributed by atoms with Crippen LogP contribution in [-0.2, 0) is 12.8 Å². The lowest BCUT2D eigenvalue weighted by Crippen LogP contribution is -2.10. The van der Waals surface area contributed by atoms with Crippen molar-refractivity contribution in [1.29, 1.82) is 0 Å². The highest BCUT2D eigenvalue weighted by Crippen LogP contribution is 2.35. The van der Waals surface area contributed by atoms with E-state index in [1.165, 1.54) is 30.2 Å². The maximum Gasteiger partial charge on any atom is 0.379 e. The average Bonchev–Trinajstić information content (AvgIpc) is 2.96. The Morgan fingerprint density at radius 1 is 1.21 bits per heavy atom. The number of rotatable bonds is 2. The number of carbonyl (C=O) groups is 1. The zero-order valence-corrected chi connectivity index (χ0v) is 11.9. The van der Waals surface area contributed by atoms with E-state index < -0.39 is 5.97 Å². The third-order valence-electron chi connectivity index (χ3n) is 3.35. The normalized spacial score (nSPS) is 13.9. The van der Waals surface area contributed by atoms with Crippen LogP contribution in [0.5, 0.6) is 5.75 Å². The van der Waals surface area contributed by atoms with Gasteiger partial charge in [-0.2, -0.15) is 0 Å². The first kappa shape index (κ1) is 12.5. The first-order chi connectivity index (χ1) is 9.25. The van der Waals surface area contributed by atoms with Crippen LogP contribution in [0.25, 0.3) is 0 Å². The molecule has 0 atom stereocenters. The molecule has 1 aromatic carbocycles. The van der Waals surface area contributed by atoms with Crippen molar-refractivity contribution in [3.63, 3.8) is 0 Å². The predicted octanol–water partition coefficient (Wildman–Crippen LogP) is 4.14. The van der Waals surface area contributed by atoms with Crippen molar-refractivity contribution in [1.82, 2.24) is 0 Å². The van der Waals surface area contributed by atoms with E-state index in [0.717, 1.165) is 17.3 Å². The summed E-state index contributed by atoms with van der Waals surface area (Å²) in [7, 11) is 0. The minimum absolute atomic E-state index is 0.213. The van der Waals surface area contributed by atoms with Crippen LogP contribution in [-0.4, -0.2) is 5.97 Å². The van der Waals surface area contributed by atoms with Gasteiger partial charge in [-0.05, 0) is 70.9 Å². The Labute approximate surface area is 119 Å². The Kier molecular flexibility index (Phi) is 3.42. The van der Waals surface area contributed by atoms with Crippen molar-refractivity contribution in [2.24, 2.45) is 0 Å². The van der Waals surface area contributed by atoms with Gasteiger partial charge in [-0.25, -0.2) is 4.79 Å². The first-order valence-electron chi connectivity index (χ1n) is 6.31. The molecular weight excluding hydrogens is 308 g/mol. The number of fused-ring (bicyclic) bond motifs is 1. The summed E-state index contributed by atoms with van der Waals surface area (Å²) in [6, 6.07) is 7.15. The second kappa shape index (κ2) is 5.21. The van der Waals surface area contributed by atoms with Gasteiger partial charge in [0, 0.05) is 0 Å². The molecule has 0 saturated carbocycles. The van der Waals surface area contributed by atoms with E-state index in [0.29, 0.717) is 5.75 Å². The van der Waals surface area contributed by atoms with Gasteiger partial charge < -0.3 is 9.15 Å². The number of aryl methyl sites for hydroxylation is 1. The van der Waals surface area contributed by atoms with Crippen LogP contribution in [0.2, 0.25) is 0 Å². The van der Waals surface area contributed by atoms with Crippen LogP contribution in [0.3, 0.4) is 0 Å². The number of halogens is 1. The Morgan fingerprint density at radius 2 is 2.05 bits per heavy atom. The number of ether oxygens (including phenoxy) is 1. The molecule has 4 heteroatoms. The molecule has 3 rings (SSSR count). The molecule has 0 unspecified atom stereocenters. The Hall–Kier alpha value is -1.55. The quantitative estimate of drug-likeness (QED) is 0.616. The highest BCUT2D eigenvalue weighted by atomic mass is 79.9. The molecule has 0 radical (unpaired) electrons. The summed E-state index contributed by atoms with van der Waals surface area (Å²) < 4.78 is 11.3. The molecule has 0 amide bonds. The third kappa shape index (κ3) is 2.45. The molecule has 98 valence electrons. The fraction of sp³-hybridized carbons (Fsp3) is 0.267. The molecule has 1 heterocycles. The van der Waals surface area contributed by atoms with E-state index in [9.17, 15) is 4.79 Å². The highest BCUT2D eigenvalue weighted by molar-refractivity contribution is 9.10. The van der Waals surface area contributed by atoms with Crippen molar-refractivity contribution in [2.75, 3.05) is 0 Å².